The molecule has 1 aromatic heterocycles. The number of nitrogens with one attached hydrogen (secondary N) is 3. The van der Waals surface area contributed by atoms with Crippen molar-refractivity contribution in [3.05, 3.63) is 5.69 Å². The molecule has 0 spiro atoms. The van der Waals surface area contributed by atoms with Crippen LogP contribution in [-0.4, -0.2) is 36.4 Å². The van der Waals surface area contributed by atoms with Crippen molar-refractivity contribution in [2.24, 2.45) is 5.73 Å². The molecule has 1 saturated heterocycles. The van der Waals surface area contributed by atoms with Gasteiger partial charge in [0, 0.05) is 7.05 Å². The van der Waals surface area contributed by atoms with E-state index in [1.54, 1.807) is 7.05 Å². The molecule has 0 aliphatic carbocycles. The highest BCUT2D eigenvalue weighted by atomic mass is 32.1. The van der Waals surface area contributed by atoms with Crippen molar-refractivity contribution in [1.82, 2.24) is 10.3 Å². The Balaban J connectivity index is 2.10. The lowest BCUT2D eigenvalue weighted by Gasteiger charge is -2.22. The minimum Gasteiger partial charge on any atom is -0.365 e. The van der Waals surface area contributed by atoms with Gasteiger partial charge < -0.3 is 21.7 Å². The zero-order valence-corrected chi connectivity index (χ0v) is 11.5. The molecule has 0 unspecified atom stereocenters. The molecule has 7 nitrogen and oxygen atoms in total. The highest BCUT2D eigenvalue weighted by Crippen LogP contribution is 2.28. The summed E-state index contributed by atoms with van der Waals surface area (Å²) in [6.45, 7) is 0.839. The summed E-state index contributed by atoms with van der Waals surface area (Å²) in [5.41, 5.74) is 5.34. The average Bonchev–Trinajstić information content (AvgIpc) is 2.83. The molecule has 0 saturated carbocycles. The van der Waals surface area contributed by atoms with Crippen LogP contribution in [0.15, 0.2) is 0 Å². The van der Waals surface area contributed by atoms with Crippen LogP contribution in [0.2, 0.25) is 0 Å². The van der Waals surface area contributed by atoms with Crippen molar-refractivity contribution in [3.8, 4) is 0 Å². The highest BCUT2D eigenvalue weighted by molar-refractivity contribution is 7.20. The molecule has 2 rings (SSSR count). The van der Waals surface area contributed by atoms with E-state index in [1.165, 1.54) is 11.3 Å². The van der Waals surface area contributed by atoms with Gasteiger partial charge in [0.05, 0.1) is 6.04 Å². The molecule has 19 heavy (non-hydrogen) atoms. The zero-order chi connectivity index (χ0) is 13.8. The summed E-state index contributed by atoms with van der Waals surface area (Å²) in [5.74, 6) is -0.793. The van der Waals surface area contributed by atoms with E-state index in [2.05, 4.69) is 20.9 Å². The standard InChI is InChI=1S/C11H17N5O2S/c1-13-11-15-7(8(12)17)10(19-11)16-9(18)6-4-2-3-5-14-6/h6,14H,2-5H2,1H3,(H2,12,17)(H,13,15)(H,16,18)/t6-/m0/s1. The maximum Gasteiger partial charge on any atom is 0.270 e. The van der Waals surface area contributed by atoms with Crippen molar-refractivity contribution in [2.45, 2.75) is 25.3 Å². The first kappa shape index (κ1) is 13.8. The minimum atomic E-state index is -0.648. The number of nitrogens with zero attached hydrogens (tertiary/aromatic N) is 1. The number of hydrogen-bond acceptors (Lipinski definition) is 6. The van der Waals surface area contributed by atoms with Gasteiger partial charge in [-0.05, 0) is 19.4 Å². The minimum absolute atomic E-state index is 0.0958. The molecule has 5 N–H and O–H groups in total. The van der Waals surface area contributed by atoms with Crippen molar-refractivity contribution in [3.63, 3.8) is 0 Å². The Bertz CT molecular complexity index is 481. The molecule has 1 aromatic rings. The summed E-state index contributed by atoms with van der Waals surface area (Å²) in [5, 5.41) is 9.65. The Hall–Kier alpha value is -1.67. The lowest BCUT2D eigenvalue weighted by atomic mass is 10.0. The van der Waals surface area contributed by atoms with Crippen LogP contribution in [-0.2, 0) is 4.79 Å². The van der Waals surface area contributed by atoms with Crippen LogP contribution in [0.4, 0.5) is 10.1 Å². The first-order valence-corrected chi connectivity index (χ1v) is 6.96. The summed E-state index contributed by atoms with van der Waals surface area (Å²) >= 11 is 1.20. The largest absolute Gasteiger partial charge is 0.365 e. The zero-order valence-electron chi connectivity index (χ0n) is 10.7. The van der Waals surface area contributed by atoms with E-state index < -0.39 is 5.91 Å². The quantitative estimate of drug-likeness (QED) is 0.638. The number of anilines is 2. The first-order valence-electron chi connectivity index (χ1n) is 6.14. The number of thiazole rings is 1. The van der Waals surface area contributed by atoms with Gasteiger partial charge in [-0.15, -0.1) is 0 Å². The lowest BCUT2D eigenvalue weighted by molar-refractivity contribution is -0.118. The Morgan fingerprint density at radius 1 is 1.47 bits per heavy atom. The second-order valence-electron chi connectivity index (χ2n) is 4.30. The van der Waals surface area contributed by atoms with Crippen molar-refractivity contribution < 1.29 is 9.59 Å². The lowest BCUT2D eigenvalue weighted by Crippen LogP contribution is -2.43. The molecular formula is C11H17N5O2S. The summed E-state index contributed by atoms with van der Waals surface area (Å²) in [6, 6.07) is -0.213. The van der Waals surface area contributed by atoms with Gasteiger partial charge in [0.15, 0.2) is 10.8 Å². The van der Waals surface area contributed by atoms with Crippen molar-refractivity contribution in [2.75, 3.05) is 24.2 Å². The molecule has 1 atom stereocenters. The molecule has 1 aliphatic heterocycles. The SMILES string of the molecule is CNc1nc(C(N)=O)c(NC(=O)[C@@H]2CCCCN2)s1. The van der Waals surface area contributed by atoms with Crippen LogP contribution in [0.1, 0.15) is 29.8 Å². The third-order valence-electron chi connectivity index (χ3n) is 2.94. The fraction of sp³-hybridized carbons (Fsp3) is 0.545. The van der Waals surface area contributed by atoms with Gasteiger partial charge in [-0.3, -0.25) is 9.59 Å². The fourth-order valence-corrected chi connectivity index (χ4v) is 2.78. The van der Waals surface area contributed by atoms with E-state index in [1.807, 2.05) is 0 Å². The van der Waals surface area contributed by atoms with Crippen molar-refractivity contribution >= 4 is 33.3 Å². The van der Waals surface area contributed by atoms with E-state index in [4.69, 9.17) is 5.73 Å². The summed E-state index contributed by atoms with van der Waals surface area (Å²) in [7, 11) is 1.69. The van der Waals surface area contributed by atoms with Gasteiger partial charge in [0.25, 0.3) is 5.91 Å². The van der Waals surface area contributed by atoms with Crippen LogP contribution >= 0.6 is 11.3 Å². The number of piperidine rings is 1. The third kappa shape index (κ3) is 3.21. The number of amides is 2. The maximum atomic E-state index is 12.1. The number of rotatable bonds is 4. The molecular weight excluding hydrogens is 266 g/mol. The normalized spacial score (nSPS) is 18.9. The van der Waals surface area contributed by atoms with E-state index in [9.17, 15) is 9.59 Å². The van der Waals surface area contributed by atoms with E-state index in [-0.39, 0.29) is 17.6 Å². The number of carbonyl (C=O) groups excluding carboxylic acids is 2. The van der Waals surface area contributed by atoms with Crippen LogP contribution in [0.25, 0.3) is 0 Å². The van der Waals surface area contributed by atoms with Crippen LogP contribution < -0.4 is 21.7 Å². The van der Waals surface area contributed by atoms with Crippen LogP contribution in [0.5, 0.6) is 0 Å². The Morgan fingerprint density at radius 3 is 2.84 bits per heavy atom. The van der Waals surface area contributed by atoms with Gasteiger partial charge in [-0.1, -0.05) is 17.8 Å². The predicted molar refractivity (Wildman–Crippen MR) is 74.5 cm³/mol. The molecule has 0 bridgehead atoms. The van der Waals surface area contributed by atoms with Gasteiger partial charge in [-0.2, -0.15) is 0 Å². The second kappa shape index (κ2) is 5.98. The molecule has 1 fully saturated rings. The summed E-state index contributed by atoms with van der Waals surface area (Å²) in [4.78, 5) is 27.4. The van der Waals surface area contributed by atoms with E-state index >= 15 is 0 Å². The number of primary amides is 1. The Labute approximate surface area is 115 Å². The molecule has 8 heteroatoms. The number of nitrogens with two attached hydrogens (primary N) is 1. The molecule has 0 radical (unpaired) electrons. The average molecular weight is 283 g/mol. The maximum absolute atomic E-state index is 12.1. The number of aromatic nitrogens is 1. The van der Waals surface area contributed by atoms with Gasteiger partial charge >= 0.3 is 0 Å². The topological polar surface area (TPSA) is 109 Å². The summed E-state index contributed by atoms with van der Waals surface area (Å²) in [6.07, 6.45) is 2.91. The molecule has 2 amide bonds. The van der Waals surface area contributed by atoms with Crippen LogP contribution in [0, 0.1) is 0 Å². The van der Waals surface area contributed by atoms with E-state index in [0.29, 0.717) is 10.1 Å². The third-order valence-corrected chi connectivity index (χ3v) is 3.93. The summed E-state index contributed by atoms with van der Waals surface area (Å²) < 4.78 is 0. The molecule has 2 heterocycles. The molecule has 0 aromatic carbocycles. The number of hydrogen-bond donors (Lipinski definition) is 4. The van der Waals surface area contributed by atoms with Gasteiger partial charge in [0.2, 0.25) is 5.91 Å². The predicted octanol–water partition coefficient (Wildman–Crippen LogP) is 0.364. The molecule has 1 aliphatic rings. The van der Waals surface area contributed by atoms with Gasteiger partial charge in [-0.25, -0.2) is 4.98 Å². The first-order chi connectivity index (χ1) is 9.11. The number of carbonyl (C=O) groups is 2. The highest BCUT2D eigenvalue weighted by Gasteiger charge is 2.24. The Kier molecular flexibility index (Phi) is 4.33. The molecule has 104 valence electrons. The fourth-order valence-electron chi connectivity index (χ4n) is 1.95. The van der Waals surface area contributed by atoms with Gasteiger partial charge in [0.1, 0.15) is 5.00 Å². The smallest absolute Gasteiger partial charge is 0.270 e. The van der Waals surface area contributed by atoms with Crippen LogP contribution in [0.3, 0.4) is 0 Å². The van der Waals surface area contributed by atoms with Crippen molar-refractivity contribution in [1.29, 1.82) is 0 Å². The Morgan fingerprint density at radius 2 is 2.26 bits per heavy atom. The second-order valence-corrected chi connectivity index (χ2v) is 5.30. The monoisotopic (exact) mass is 283 g/mol. The van der Waals surface area contributed by atoms with E-state index in [0.717, 1.165) is 25.8 Å².